The number of aromatic nitrogens is 2. The van der Waals surface area contributed by atoms with Gasteiger partial charge in [0.05, 0.1) is 7.05 Å². The zero-order valence-electron chi connectivity index (χ0n) is 10.4. The van der Waals surface area contributed by atoms with E-state index in [0.717, 1.165) is 12.8 Å². The molecule has 18 heavy (non-hydrogen) atoms. The number of rotatable bonds is 1. The second kappa shape index (κ2) is 4.42. The van der Waals surface area contributed by atoms with E-state index < -0.39 is 10.5 Å². The van der Waals surface area contributed by atoms with Crippen molar-refractivity contribution in [3.8, 4) is 11.8 Å². The Bertz CT molecular complexity index is 545. The van der Waals surface area contributed by atoms with Crippen molar-refractivity contribution < 1.29 is 10.0 Å². The Balaban J connectivity index is 2.38. The van der Waals surface area contributed by atoms with E-state index in [1.165, 1.54) is 4.57 Å². The molecule has 0 amide bonds. The molecular weight excluding hydrogens is 234 g/mol. The molecule has 0 atom stereocenters. The van der Waals surface area contributed by atoms with Crippen LogP contribution in [0.25, 0.3) is 0 Å². The predicted octanol–water partition coefficient (Wildman–Crippen LogP) is 1.29. The van der Waals surface area contributed by atoms with E-state index in [1.807, 2.05) is 0 Å². The van der Waals surface area contributed by atoms with Crippen molar-refractivity contribution in [2.45, 2.75) is 38.2 Å². The molecule has 2 rings (SSSR count). The summed E-state index contributed by atoms with van der Waals surface area (Å²) in [5.74, 6) is 5.81. The van der Waals surface area contributed by atoms with Crippen LogP contribution in [0.1, 0.15) is 37.2 Å². The summed E-state index contributed by atoms with van der Waals surface area (Å²) in [5, 5.41) is 21.0. The molecule has 1 fully saturated rings. The molecule has 96 valence electrons. The summed E-state index contributed by atoms with van der Waals surface area (Å²) in [6.45, 7) is 1.68. The van der Waals surface area contributed by atoms with Gasteiger partial charge in [0, 0.05) is 6.92 Å². The Hall–Kier alpha value is -1.87. The van der Waals surface area contributed by atoms with Crippen molar-refractivity contribution in [2.24, 2.45) is 7.05 Å². The van der Waals surface area contributed by atoms with Gasteiger partial charge in [-0.3, -0.25) is 0 Å². The van der Waals surface area contributed by atoms with Crippen LogP contribution in [0.4, 0.5) is 5.82 Å². The largest absolute Gasteiger partial charge is 0.378 e. The lowest BCUT2D eigenvalue weighted by atomic mass is 10.0. The minimum absolute atomic E-state index is 0.124. The SMILES string of the molecule is Cc1nc(C#CC2(O)CCCC2)c([N+](=O)[O-])n1C. The smallest absolute Gasteiger partial charge is 0.358 e. The Morgan fingerprint density at radius 3 is 2.67 bits per heavy atom. The molecule has 1 aliphatic rings. The molecule has 0 bridgehead atoms. The van der Waals surface area contributed by atoms with E-state index in [2.05, 4.69) is 16.8 Å². The van der Waals surface area contributed by atoms with Gasteiger partial charge < -0.3 is 15.2 Å². The molecule has 1 aromatic rings. The number of aryl methyl sites for hydroxylation is 1. The van der Waals surface area contributed by atoms with Gasteiger partial charge in [0.15, 0.2) is 5.82 Å². The van der Waals surface area contributed by atoms with E-state index in [9.17, 15) is 15.2 Å². The van der Waals surface area contributed by atoms with Gasteiger partial charge >= 0.3 is 5.82 Å². The third kappa shape index (κ3) is 2.22. The normalized spacial score (nSPS) is 17.3. The number of imidazole rings is 1. The average molecular weight is 249 g/mol. The van der Waals surface area contributed by atoms with E-state index in [0.29, 0.717) is 18.7 Å². The maximum absolute atomic E-state index is 10.9. The summed E-state index contributed by atoms with van der Waals surface area (Å²) >= 11 is 0. The summed E-state index contributed by atoms with van der Waals surface area (Å²) < 4.78 is 1.39. The van der Waals surface area contributed by atoms with Crippen molar-refractivity contribution in [1.82, 2.24) is 9.55 Å². The number of hydrogen-bond acceptors (Lipinski definition) is 4. The molecule has 0 unspecified atom stereocenters. The average Bonchev–Trinajstić information content (AvgIpc) is 2.83. The number of nitrogens with zero attached hydrogens (tertiary/aromatic N) is 3. The Morgan fingerprint density at radius 1 is 1.50 bits per heavy atom. The van der Waals surface area contributed by atoms with Crippen molar-refractivity contribution in [1.29, 1.82) is 0 Å². The molecular formula is C12H15N3O3. The minimum Gasteiger partial charge on any atom is -0.378 e. The van der Waals surface area contributed by atoms with Gasteiger partial charge in [-0.25, -0.2) is 4.57 Å². The molecule has 1 aromatic heterocycles. The monoisotopic (exact) mass is 249 g/mol. The molecule has 0 saturated heterocycles. The topological polar surface area (TPSA) is 81.2 Å². The van der Waals surface area contributed by atoms with Gasteiger partial charge in [-0.15, -0.1) is 0 Å². The number of nitro groups is 1. The molecule has 6 nitrogen and oxygen atoms in total. The standard InChI is InChI=1S/C12H15N3O3/c1-9-13-10(11(14(9)2)15(17)18)5-8-12(16)6-3-4-7-12/h16H,3-4,6-7H2,1-2H3. The second-order valence-electron chi connectivity index (χ2n) is 4.64. The van der Waals surface area contributed by atoms with E-state index in [1.54, 1.807) is 14.0 Å². The van der Waals surface area contributed by atoms with Crippen LogP contribution < -0.4 is 0 Å². The predicted molar refractivity (Wildman–Crippen MR) is 64.9 cm³/mol. The first-order chi connectivity index (χ1) is 8.43. The number of hydrogen-bond donors (Lipinski definition) is 1. The zero-order valence-corrected chi connectivity index (χ0v) is 10.4. The molecule has 1 saturated carbocycles. The van der Waals surface area contributed by atoms with Crippen LogP contribution in [0.3, 0.4) is 0 Å². The quantitative estimate of drug-likeness (QED) is 0.462. The zero-order chi connectivity index (χ0) is 13.3. The van der Waals surface area contributed by atoms with Crippen molar-refractivity contribution in [2.75, 3.05) is 0 Å². The fraction of sp³-hybridized carbons (Fsp3) is 0.583. The van der Waals surface area contributed by atoms with Gasteiger partial charge in [-0.1, -0.05) is 5.92 Å². The summed E-state index contributed by atoms with van der Waals surface area (Å²) in [7, 11) is 1.58. The van der Waals surface area contributed by atoms with Crippen molar-refractivity contribution in [3.63, 3.8) is 0 Å². The summed E-state index contributed by atoms with van der Waals surface area (Å²) in [6, 6.07) is 0. The van der Waals surface area contributed by atoms with E-state index >= 15 is 0 Å². The third-order valence-corrected chi connectivity index (χ3v) is 3.31. The number of aliphatic hydroxyl groups is 1. The van der Waals surface area contributed by atoms with Crippen LogP contribution in [0.15, 0.2) is 0 Å². The van der Waals surface area contributed by atoms with Crippen LogP contribution in [-0.4, -0.2) is 25.2 Å². The lowest BCUT2D eigenvalue weighted by molar-refractivity contribution is -0.392. The van der Waals surface area contributed by atoms with Gasteiger partial charge in [0.2, 0.25) is 5.69 Å². The van der Waals surface area contributed by atoms with E-state index in [-0.39, 0.29) is 11.5 Å². The second-order valence-corrected chi connectivity index (χ2v) is 4.64. The molecule has 0 aliphatic heterocycles. The highest BCUT2D eigenvalue weighted by Gasteiger charge is 2.29. The summed E-state index contributed by atoms with van der Waals surface area (Å²) in [6.07, 6.45) is 3.13. The fourth-order valence-corrected chi connectivity index (χ4v) is 2.15. The highest BCUT2D eigenvalue weighted by Crippen LogP contribution is 2.29. The summed E-state index contributed by atoms with van der Waals surface area (Å²) in [5.41, 5.74) is -0.875. The molecule has 0 radical (unpaired) electrons. The van der Waals surface area contributed by atoms with E-state index in [4.69, 9.17) is 0 Å². The highest BCUT2D eigenvalue weighted by molar-refractivity contribution is 5.44. The lowest BCUT2D eigenvalue weighted by Gasteiger charge is -2.12. The van der Waals surface area contributed by atoms with Gasteiger partial charge in [0.25, 0.3) is 0 Å². The first-order valence-corrected chi connectivity index (χ1v) is 5.86. The van der Waals surface area contributed by atoms with Gasteiger partial charge in [0.1, 0.15) is 5.60 Å². The van der Waals surface area contributed by atoms with Crippen LogP contribution in [0, 0.1) is 28.9 Å². The Morgan fingerprint density at radius 2 is 2.11 bits per heavy atom. The molecule has 1 heterocycles. The minimum atomic E-state index is -1.00. The highest BCUT2D eigenvalue weighted by atomic mass is 16.6. The molecule has 0 aromatic carbocycles. The maximum Gasteiger partial charge on any atom is 0.358 e. The fourth-order valence-electron chi connectivity index (χ4n) is 2.15. The maximum atomic E-state index is 10.9. The summed E-state index contributed by atoms with van der Waals surface area (Å²) in [4.78, 5) is 14.5. The van der Waals surface area contributed by atoms with Gasteiger partial charge in [-0.05, 0) is 36.5 Å². The van der Waals surface area contributed by atoms with Crippen molar-refractivity contribution in [3.05, 3.63) is 21.6 Å². The third-order valence-electron chi connectivity index (χ3n) is 3.31. The molecule has 1 N–H and O–H groups in total. The van der Waals surface area contributed by atoms with Crippen LogP contribution in [-0.2, 0) is 7.05 Å². The van der Waals surface area contributed by atoms with Gasteiger partial charge in [-0.2, -0.15) is 4.98 Å². The molecule has 0 spiro atoms. The lowest BCUT2D eigenvalue weighted by Crippen LogP contribution is -2.20. The van der Waals surface area contributed by atoms with Crippen LogP contribution in [0.2, 0.25) is 0 Å². The van der Waals surface area contributed by atoms with Crippen LogP contribution in [0.5, 0.6) is 0 Å². The first kappa shape index (κ1) is 12.6. The van der Waals surface area contributed by atoms with Crippen molar-refractivity contribution >= 4 is 5.82 Å². The Kier molecular flexibility index (Phi) is 3.09. The first-order valence-electron chi connectivity index (χ1n) is 5.86. The molecule has 6 heteroatoms. The molecule has 1 aliphatic carbocycles. The Labute approximate surface area is 105 Å². The van der Waals surface area contributed by atoms with Crippen LogP contribution >= 0.6 is 0 Å².